The van der Waals surface area contributed by atoms with Crippen LogP contribution in [0.3, 0.4) is 0 Å². The highest BCUT2D eigenvalue weighted by Crippen LogP contribution is 2.37. The van der Waals surface area contributed by atoms with Gasteiger partial charge in [-0.1, -0.05) is 42.5 Å². The molecule has 2 heterocycles. The maximum Gasteiger partial charge on any atom is 0.279 e. The van der Waals surface area contributed by atoms with Gasteiger partial charge in [0, 0.05) is 4.88 Å². The van der Waals surface area contributed by atoms with Crippen molar-refractivity contribution in [3.63, 3.8) is 0 Å². The fraction of sp³-hybridized carbons (Fsp3) is 0.296. The number of carbonyl (C=O) groups excluding carboxylic acids is 1. The van der Waals surface area contributed by atoms with Gasteiger partial charge in [0.2, 0.25) is 0 Å². The molecule has 196 valence electrons. The zero-order valence-corrected chi connectivity index (χ0v) is 23.3. The van der Waals surface area contributed by atoms with Crippen LogP contribution in [0, 0.1) is 5.92 Å². The Hall–Kier alpha value is -3.57. The number of hydrogen-bond donors (Lipinski definition) is 1. The summed E-state index contributed by atoms with van der Waals surface area (Å²) in [5.41, 5.74) is 4.94. The summed E-state index contributed by atoms with van der Waals surface area (Å²) in [6, 6.07) is 13.4. The van der Waals surface area contributed by atoms with Crippen molar-refractivity contribution in [1.82, 2.24) is 20.4 Å². The van der Waals surface area contributed by atoms with Gasteiger partial charge in [-0.25, -0.2) is 10.1 Å². The van der Waals surface area contributed by atoms with Crippen LogP contribution in [0.4, 0.5) is 0 Å². The van der Waals surface area contributed by atoms with Gasteiger partial charge >= 0.3 is 0 Å². The Morgan fingerprint density at radius 2 is 2.13 bits per heavy atom. The third kappa shape index (κ3) is 5.63. The van der Waals surface area contributed by atoms with E-state index in [9.17, 15) is 9.59 Å². The standard InChI is InChI=1S/C27H26BrN5O4S/c1-16-8-9-19-22(10-16)38-26-24(19)27(35)33(32-31-26)14-23(34)30-29-13-18-11-20(28)25(21(12-18)36-2)37-15-17-6-4-3-5-7-17/h3-7,11-13,16H,8-10,14-15H2,1-2H3,(H,30,34)/b29-13+. The van der Waals surface area contributed by atoms with Gasteiger partial charge in [-0.2, -0.15) is 5.10 Å². The molecule has 0 saturated carbocycles. The Morgan fingerprint density at radius 1 is 1.32 bits per heavy atom. The molecule has 1 N–H and O–H groups in total. The molecule has 4 aromatic rings. The first kappa shape index (κ1) is 26.1. The predicted molar refractivity (Wildman–Crippen MR) is 150 cm³/mol. The van der Waals surface area contributed by atoms with E-state index in [1.54, 1.807) is 13.2 Å². The first-order chi connectivity index (χ1) is 18.4. The number of carbonyl (C=O) groups is 1. The van der Waals surface area contributed by atoms with Crippen LogP contribution in [0.5, 0.6) is 11.5 Å². The van der Waals surface area contributed by atoms with Gasteiger partial charge < -0.3 is 9.47 Å². The molecule has 0 radical (unpaired) electrons. The van der Waals surface area contributed by atoms with E-state index >= 15 is 0 Å². The van der Waals surface area contributed by atoms with Crippen LogP contribution in [0.25, 0.3) is 10.2 Å². The van der Waals surface area contributed by atoms with Gasteiger partial charge in [-0.3, -0.25) is 9.59 Å². The largest absolute Gasteiger partial charge is 0.493 e. The molecule has 1 aliphatic rings. The molecule has 1 amide bonds. The summed E-state index contributed by atoms with van der Waals surface area (Å²) in [5.74, 6) is 1.19. The van der Waals surface area contributed by atoms with E-state index < -0.39 is 5.91 Å². The second kappa shape index (κ2) is 11.4. The number of hydrogen-bond acceptors (Lipinski definition) is 8. The number of ether oxygens (including phenoxy) is 2. The third-order valence-corrected chi connectivity index (χ3v) is 8.09. The number of thiophene rings is 1. The van der Waals surface area contributed by atoms with Gasteiger partial charge in [0.1, 0.15) is 13.2 Å². The molecule has 1 aliphatic carbocycles. The molecule has 0 saturated heterocycles. The van der Waals surface area contributed by atoms with Crippen molar-refractivity contribution < 1.29 is 14.3 Å². The third-order valence-electron chi connectivity index (χ3n) is 6.36. The first-order valence-electron chi connectivity index (χ1n) is 12.2. The van der Waals surface area contributed by atoms with E-state index in [-0.39, 0.29) is 12.1 Å². The maximum atomic E-state index is 13.1. The molecule has 0 fully saturated rings. The van der Waals surface area contributed by atoms with Crippen LogP contribution in [-0.2, 0) is 30.8 Å². The summed E-state index contributed by atoms with van der Waals surface area (Å²) in [6.07, 6.45) is 4.33. The van der Waals surface area contributed by atoms with Crippen molar-refractivity contribution in [3.8, 4) is 11.5 Å². The minimum Gasteiger partial charge on any atom is -0.493 e. The second-order valence-electron chi connectivity index (χ2n) is 9.19. The molecule has 11 heteroatoms. The Morgan fingerprint density at radius 3 is 2.92 bits per heavy atom. The summed E-state index contributed by atoms with van der Waals surface area (Å²) in [6.45, 7) is 2.32. The number of aromatic nitrogens is 3. The zero-order chi connectivity index (χ0) is 26.6. The average molecular weight is 597 g/mol. The Balaban J connectivity index is 1.25. The van der Waals surface area contributed by atoms with E-state index in [4.69, 9.17) is 9.47 Å². The summed E-state index contributed by atoms with van der Waals surface area (Å²) < 4.78 is 13.2. The van der Waals surface area contributed by atoms with Crippen molar-refractivity contribution in [1.29, 1.82) is 0 Å². The molecule has 9 nitrogen and oxygen atoms in total. The number of aryl methyl sites for hydroxylation is 1. The number of hydrazone groups is 1. The normalized spacial score (nSPS) is 15.0. The van der Waals surface area contributed by atoms with Crippen molar-refractivity contribution in [2.45, 2.75) is 39.3 Å². The first-order valence-corrected chi connectivity index (χ1v) is 13.8. The molecule has 38 heavy (non-hydrogen) atoms. The molecule has 5 rings (SSSR count). The lowest BCUT2D eigenvalue weighted by molar-refractivity contribution is -0.121. The van der Waals surface area contributed by atoms with Gasteiger partial charge in [0.25, 0.3) is 11.5 Å². The summed E-state index contributed by atoms with van der Waals surface area (Å²) in [4.78, 5) is 27.4. The lowest BCUT2D eigenvalue weighted by atomic mass is 9.89. The molecule has 2 aromatic heterocycles. The van der Waals surface area contributed by atoms with E-state index in [1.807, 2.05) is 36.4 Å². The molecule has 1 atom stereocenters. The van der Waals surface area contributed by atoms with E-state index in [2.05, 4.69) is 43.7 Å². The molecular weight excluding hydrogens is 570 g/mol. The predicted octanol–water partition coefficient (Wildman–Crippen LogP) is 4.48. The van der Waals surface area contributed by atoms with Crippen molar-refractivity contribution in [2.75, 3.05) is 7.11 Å². The fourth-order valence-electron chi connectivity index (χ4n) is 4.43. The second-order valence-corrected chi connectivity index (χ2v) is 11.1. The van der Waals surface area contributed by atoms with Gasteiger partial charge in [0.05, 0.1) is 23.2 Å². The number of amides is 1. The van der Waals surface area contributed by atoms with Crippen LogP contribution in [0.1, 0.15) is 34.9 Å². The van der Waals surface area contributed by atoms with Gasteiger partial charge in [0.15, 0.2) is 16.3 Å². The van der Waals surface area contributed by atoms with Crippen LogP contribution in [0.15, 0.2) is 56.8 Å². The summed E-state index contributed by atoms with van der Waals surface area (Å²) in [5, 5.41) is 12.8. The number of fused-ring (bicyclic) bond motifs is 3. The van der Waals surface area contributed by atoms with Crippen molar-refractivity contribution in [2.24, 2.45) is 11.0 Å². The average Bonchev–Trinajstić information content (AvgIpc) is 3.28. The van der Waals surface area contributed by atoms with Crippen LogP contribution in [-0.4, -0.2) is 34.2 Å². The molecular formula is C27H26BrN5O4S. The van der Waals surface area contributed by atoms with Gasteiger partial charge in [-0.05, 0) is 69.9 Å². The number of methoxy groups -OCH3 is 1. The van der Waals surface area contributed by atoms with Crippen molar-refractivity contribution >= 4 is 49.6 Å². The summed E-state index contributed by atoms with van der Waals surface area (Å²) >= 11 is 5.05. The fourth-order valence-corrected chi connectivity index (χ4v) is 6.32. The smallest absolute Gasteiger partial charge is 0.279 e. The van der Waals surface area contributed by atoms with Crippen LogP contribution < -0.4 is 20.5 Å². The number of rotatable bonds is 8. The monoisotopic (exact) mass is 595 g/mol. The minimum absolute atomic E-state index is 0.278. The highest BCUT2D eigenvalue weighted by atomic mass is 79.9. The topological polar surface area (TPSA) is 108 Å². The quantitative estimate of drug-likeness (QED) is 0.238. The van der Waals surface area contributed by atoms with Crippen LogP contribution >= 0.6 is 27.3 Å². The minimum atomic E-state index is -0.483. The number of nitrogens with one attached hydrogen (secondary N) is 1. The highest BCUT2D eigenvalue weighted by Gasteiger charge is 2.24. The molecule has 2 aromatic carbocycles. The molecule has 0 bridgehead atoms. The zero-order valence-electron chi connectivity index (χ0n) is 20.9. The number of benzene rings is 2. The van der Waals surface area contributed by atoms with E-state index in [0.29, 0.717) is 44.3 Å². The molecule has 1 unspecified atom stereocenters. The van der Waals surface area contributed by atoms with Gasteiger partial charge in [-0.15, -0.1) is 16.4 Å². The van der Waals surface area contributed by atoms with Crippen LogP contribution in [0.2, 0.25) is 0 Å². The Bertz CT molecular complexity index is 1570. The number of halogens is 1. The molecule has 0 aliphatic heterocycles. The van der Waals surface area contributed by atoms with E-state index in [0.717, 1.165) is 35.1 Å². The van der Waals surface area contributed by atoms with Crippen molar-refractivity contribution in [3.05, 3.63) is 78.9 Å². The lowest BCUT2D eigenvalue weighted by Gasteiger charge is -2.17. The Kier molecular flexibility index (Phi) is 7.85. The highest BCUT2D eigenvalue weighted by molar-refractivity contribution is 9.10. The Labute approximate surface area is 231 Å². The lowest BCUT2D eigenvalue weighted by Crippen LogP contribution is -2.32. The maximum absolute atomic E-state index is 13.1. The van der Waals surface area contributed by atoms with E-state index in [1.165, 1.54) is 22.4 Å². The molecule has 0 spiro atoms. The summed E-state index contributed by atoms with van der Waals surface area (Å²) in [7, 11) is 1.56. The SMILES string of the molecule is COc1cc(/C=N/NC(=O)Cn2nnc3sc4c(c3c2=O)CCC(C)C4)cc(Br)c1OCc1ccccc1. The number of nitrogens with zero attached hydrogens (tertiary/aromatic N) is 4.